The molecule has 3 nitrogen and oxygen atoms in total. The standard InChI is InChI=1S/C13H24N2OS/c1-17-8-5-10(14)12(16)15-11-9-13(11)6-3-2-4-7-13/h10-11H,2-9,14H2,1H3,(H,15,16). The molecular weight excluding hydrogens is 232 g/mol. The van der Waals surface area contributed by atoms with E-state index in [2.05, 4.69) is 5.32 Å². The Balaban J connectivity index is 1.73. The fourth-order valence-electron chi connectivity index (χ4n) is 3.01. The minimum atomic E-state index is -0.316. The lowest BCUT2D eigenvalue weighted by molar-refractivity contribution is -0.122. The van der Waals surface area contributed by atoms with Gasteiger partial charge in [0.25, 0.3) is 0 Å². The monoisotopic (exact) mass is 256 g/mol. The van der Waals surface area contributed by atoms with Gasteiger partial charge in [-0.1, -0.05) is 19.3 Å². The first kappa shape index (κ1) is 13.2. The molecule has 0 aromatic carbocycles. The van der Waals surface area contributed by atoms with Crippen molar-refractivity contribution in [1.82, 2.24) is 5.32 Å². The van der Waals surface area contributed by atoms with Gasteiger partial charge in [0.1, 0.15) is 0 Å². The Bertz CT molecular complexity index is 277. The summed E-state index contributed by atoms with van der Waals surface area (Å²) >= 11 is 1.74. The van der Waals surface area contributed by atoms with Gasteiger partial charge in [-0.15, -0.1) is 0 Å². The van der Waals surface area contributed by atoms with Crippen molar-refractivity contribution in [2.45, 2.75) is 57.0 Å². The fraction of sp³-hybridized carbons (Fsp3) is 0.923. The SMILES string of the molecule is CSCCC(N)C(=O)NC1CC12CCCCC2. The Labute approximate surface area is 108 Å². The van der Waals surface area contributed by atoms with Crippen LogP contribution in [-0.2, 0) is 4.79 Å². The Morgan fingerprint density at radius 1 is 1.47 bits per heavy atom. The van der Waals surface area contributed by atoms with E-state index < -0.39 is 0 Å². The molecule has 0 radical (unpaired) electrons. The largest absolute Gasteiger partial charge is 0.351 e. The van der Waals surface area contributed by atoms with E-state index in [-0.39, 0.29) is 11.9 Å². The molecule has 0 bridgehead atoms. The summed E-state index contributed by atoms with van der Waals surface area (Å²) in [5.41, 5.74) is 6.34. The minimum absolute atomic E-state index is 0.0616. The van der Waals surface area contributed by atoms with Gasteiger partial charge in [0.2, 0.25) is 5.91 Å². The third kappa shape index (κ3) is 3.16. The number of rotatable bonds is 5. The summed E-state index contributed by atoms with van der Waals surface area (Å²) in [5, 5.41) is 3.15. The van der Waals surface area contributed by atoms with Crippen LogP contribution in [0.3, 0.4) is 0 Å². The first-order valence-corrected chi connectivity index (χ1v) is 8.12. The van der Waals surface area contributed by atoms with Crippen LogP contribution < -0.4 is 11.1 Å². The van der Waals surface area contributed by atoms with Crippen LogP contribution in [0.2, 0.25) is 0 Å². The molecule has 1 spiro atoms. The van der Waals surface area contributed by atoms with Crippen LogP contribution in [0.1, 0.15) is 44.9 Å². The zero-order valence-electron chi connectivity index (χ0n) is 10.7. The van der Waals surface area contributed by atoms with Gasteiger partial charge in [-0.05, 0) is 43.1 Å². The first-order valence-electron chi connectivity index (χ1n) is 6.73. The van der Waals surface area contributed by atoms with Gasteiger partial charge in [-0.3, -0.25) is 4.79 Å². The minimum Gasteiger partial charge on any atom is -0.351 e. The highest BCUT2D eigenvalue weighted by atomic mass is 32.2. The maximum absolute atomic E-state index is 11.9. The van der Waals surface area contributed by atoms with E-state index in [1.165, 1.54) is 38.5 Å². The van der Waals surface area contributed by atoms with Crippen molar-refractivity contribution >= 4 is 17.7 Å². The second-order valence-corrected chi connectivity index (χ2v) is 6.56. The van der Waals surface area contributed by atoms with Crippen molar-refractivity contribution in [1.29, 1.82) is 0 Å². The molecule has 0 saturated heterocycles. The Hall–Kier alpha value is -0.220. The molecule has 2 unspecified atom stereocenters. The van der Waals surface area contributed by atoms with Crippen LogP contribution >= 0.6 is 11.8 Å². The summed E-state index contributed by atoms with van der Waals surface area (Å²) in [5.74, 6) is 1.02. The number of carbonyl (C=O) groups is 1. The summed E-state index contributed by atoms with van der Waals surface area (Å²) in [6.07, 6.45) is 10.7. The lowest BCUT2D eigenvalue weighted by atomic mass is 9.86. The van der Waals surface area contributed by atoms with E-state index in [1.807, 2.05) is 6.26 Å². The first-order chi connectivity index (χ1) is 8.18. The lowest BCUT2D eigenvalue weighted by Gasteiger charge is -2.23. The summed E-state index contributed by atoms with van der Waals surface area (Å²) in [6.45, 7) is 0. The topological polar surface area (TPSA) is 55.1 Å². The smallest absolute Gasteiger partial charge is 0.237 e. The average Bonchev–Trinajstić information content (AvgIpc) is 2.98. The van der Waals surface area contributed by atoms with Gasteiger partial charge in [0, 0.05) is 6.04 Å². The van der Waals surface area contributed by atoms with Crippen LogP contribution in [0.4, 0.5) is 0 Å². The van der Waals surface area contributed by atoms with E-state index in [1.54, 1.807) is 11.8 Å². The number of hydrogen-bond acceptors (Lipinski definition) is 3. The van der Waals surface area contributed by atoms with E-state index in [9.17, 15) is 4.79 Å². The molecule has 3 N–H and O–H groups in total. The van der Waals surface area contributed by atoms with Crippen LogP contribution in [0.25, 0.3) is 0 Å². The molecule has 17 heavy (non-hydrogen) atoms. The summed E-state index contributed by atoms with van der Waals surface area (Å²) in [7, 11) is 0. The van der Waals surface area contributed by atoms with Gasteiger partial charge in [0.05, 0.1) is 6.04 Å². The summed E-state index contributed by atoms with van der Waals surface area (Å²) < 4.78 is 0. The molecule has 2 fully saturated rings. The van der Waals surface area contributed by atoms with Gasteiger partial charge < -0.3 is 11.1 Å². The Kier molecular flexibility index (Phi) is 4.36. The molecular formula is C13H24N2OS. The maximum atomic E-state index is 11.9. The molecule has 98 valence electrons. The number of nitrogens with two attached hydrogens (primary N) is 1. The zero-order valence-corrected chi connectivity index (χ0v) is 11.5. The molecule has 4 heteroatoms. The van der Waals surface area contributed by atoms with E-state index in [0.29, 0.717) is 11.5 Å². The number of nitrogens with one attached hydrogen (secondary N) is 1. The number of carbonyl (C=O) groups excluding carboxylic acids is 1. The van der Waals surface area contributed by atoms with Crippen molar-refractivity contribution in [3.8, 4) is 0 Å². The number of amides is 1. The molecule has 1 amide bonds. The second-order valence-electron chi connectivity index (χ2n) is 5.58. The third-order valence-electron chi connectivity index (χ3n) is 4.33. The molecule has 2 aliphatic rings. The van der Waals surface area contributed by atoms with Crippen molar-refractivity contribution < 1.29 is 4.79 Å². The van der Waals surface area contributed by atoms with Crippen LogP contribution in [-0.4, -0.2) is 30.0 Å². The molecule has 2 atom stereocenters. The van der Waals surface area contributed by atoms with Gasteiger partial charge >= 0.3 is 0 Å². The van der Waals surface area contributed by atoms with Crippen LogP contribution in [0, 0.1) is 5.41 Å². The highest BCUT2D eigenvalue weighted by Gasteiger charge is 2.54. The molecule has 2 aliphatic carbocycles. The highest BCUT2D eigenvalue weighted by molar-refractivity contribution is 7.98. The predicted octanol–water partition coefficient (Wildman–Crippen LogP) is 1.91. The van der Waals surface area contributed by atoms with Crippen molar-refractivity contribution in [3.63, 3.8) is 0 Å². The lowest BCUT2D eigenvalue weighted by Crippen LogP contribution is -2.43. The van der Waals surface area contributed by atoms with Crippen LogP contribution in [0.5, 0.6) is 0 Å². The zero-order chi connectivity index (χ0) is 12.3. The second kappa shape index (κ2) is 5.61. The normalized spacial score (nSPS) is 27.8. The van der Waals surface area contributed by atoms with Gasteiger partial charge in [-0.25, -0.2) is 0 Å². The molecule has 0 aromatic rings. The van der Waals surface area contributed by atoms with Crippen molar-refractivity contribution in [2.75, 3.05) is 12.0 Å². The van der Waals surface area contributed by atoms with E-state index in [4.69, 9.17) is 5.73 Å². The average molecular weight is 256 g/mol. The molecule has 0 aliphatic heterocycles. The maximum Gasteiger partial charge on any atom is 0.237 e. The highest BCUT2D eigenvalue weighted by Crippen LogP contribution is 2.56. The number of thioether (sulfide) groups is 1. The van der Waals surface area contributed by atoms with Crippen LogP contribution in [0.15, 0.2) is 0 Å². The molecule has 2 rings (SSSR count). The quantitative estimate of drug-likeness (QED) is 0.790. The van der Waals surface area contributed by atoms with E-state index in [0.717, 1.165) is 12.2 Å². The fourth-order valence-corrected chi connectivity index (χ4v) is 3.50. The number of hydrogen-bond donors (Lipinski definition) is 2. The van der Waals surface area contributed by atoms with Crippen molar-refractivity contribution in [2.24, 2.45) is 11.1 Å². The molecule has 0 aromatic heterocycles. The Morgan fingerprint density at radius 2 is 2.18 bits per heavy atom. The summed E-state index contributed by atoms with van der Waals surface area (Å²) in [6, 6.07) is 0.110. The Morgan fingerprint density at radius 3 is 2.82 bits per heavy atom. The molecule has 0 heterocycles. The summed E-state index contributed by atoms with van der Waals surface area (Å²) in [4.78, 5) is 11.9. The van der Waals surface area contributed by atoms with E-state index >= 15 is 0 Å². The molecule has 2 saturated carbocycles. The van der Waals surface area contributed by atoms with Gasteiger partial charge in [-0.2, -0.15) is 11.8 Å². The van der Waals surface area contributed by atoms with Gasteiger partial charge in [0.15, 0.2) is 0 Å². The predicted molar refractivity (Wildman–Crippen MR) is 73.0 cm³/mol. The third-order valence-corrected chi connectivity index (χ3v) is 4.97. The van der Waals surface area contributed by atoms with Crippen molar-refractivity contribution in [3.05, 3.63) is 0 Å².